The number of anilines is 2. The smallest absolute Gasteiger partial charge is 0.147 e. The van der Waals surface area contributed by atoms with E-state index in [0.717, 1.165) is 24.7 Å². The molecule has 0 aliphatic carbocycles. The minimum atomic E-state index is 0.825. The van der Waals surface area contributed by atoms with Gasteiger partial charge in [-0.25, -0.2) is 9.97 Å². The van der Waals surface area contributed by atoms with Crippen LogP contribution in [-0.2, 0) is 0 Å². The minimum absolute atomic E-state index is 0.825. The van der Waals surface area contributed by atoms with Gasteiger partial charge in [0, 0.05) is 20.1 Å². The van der Waals surface area contributed by atoms with Gasteiger partial charge >= 0.3 is 0 Å². The third kappa shape index (κ3) is 1.95. The number of piperidine rings is 1. The molecule has 0 aromatic carbocycles. The lowest BCUT2D eigenvalue weighted by Crippen LogP contribution is -2.30. The van der Waals surface area contributed by atoms with Crippen molar-refractivity contribution in [1.29, 1.82) is 0 Å². The first-order valence-electron chi connectivity index (χ1n) is 5.15. The van der Waals surface area contributed by atoms with Crippen LogP contribution in [0, 0.1) is 0 Å². The average Bonchev–Trinajstić information content (AvgIpc) is 2.30. The highest BCUT2D eigenvalue weighted by molar-refractivity contribution is 5.41. The summed E-state index contributed by atoms with van der Waals surface area (Å²) in [5.41, 5.74) is 0. The molecule has 1 aromatic rings. The summed E-state index contributed by atoms with van der Waals surface area (Å²) in [6.07, 6.45) is 7.52. The molecule has 2 rings (SSSR count). The van der Waals surface area contributed by atoms with Crippen molar-refractivity contribution in [3.05, 3.63) is 12.4 Å². The maximum atomic E-state index is 4.37. The second kappa shape index (κ2) is 4.26. The van der Waals surface area contributed by atoms with Crippen molar-refractivity contribution in [1.82, 2.24) is 9.97 Å². The molecule has 1 aliphatic rings. The zero-order valence-electron chi connectivity index (χ0n) is 8.53. The van der Waals surface area contributed by atoms with Crippen molar-refractivity contribution >= 4 is 11.6 Å². The van der Waals surface area contributed by atoms with E-state index < -0.39 is 0 Å². The van der Waals surface area contributed by atoms with Crippen LogP contribution in [0.5, 0.6) is 0 Å². The summed E-state index contributed by atoms with van der Waals surface area (Å²) < 4.78 is 0. The monoisotopic (exact) mass is 192 g/mol. The van der Waals surface area contributed by atoms with Gasteiger partial charge in [0.15, 0.2) is 0 Å². The van der Waals surface area contributed by atoms with Gasteiger partial charge in [-0.05, 0) is 19.3 Å². The number of aromatic nitrogens is 2. The molecule has 0 amide bonds. The quantitative estimate of drug-likeness (QED) is 0.771. The summed E-state index contributed by atoms with van der Waals surface area (Å²) >= 11 is 0. The van der Waals surface area contributed by atoms with Crippen molar-refractivity contribution in [3.63, 3.8) is 0 Å². The highest BCUT2D eigenvalue weighted by Crippen LogP contribution is 2.16. The predicted octanol–water partition coefficient (Wildman–Crippen LogP) is 1.51. The third-order valence-corrected chi connectivity index (χ3v) is 2.57. The zero-order valence-corrected chi connectivity index (χ0v) is 8.53. The van der Waals surface area contributed by atoms with Crippen LogP contribution in [0.3, 0.4) is 0 Å². The van der Waals surface area contributed by atoms with Crippen molar-refractivity contribution in [3.8, 4) is 0 Å². The molecule has 14 heavy (non-hydrogen) atoms. The molecule has 0 spiro atoms. The van der Waals surface area contributed by atoms with Crippen molar-refractivity contribution in [2.24, 2.45) is 0 Å². The summed E-state index contributed by atoms with van der Waals surface area (Å²) in [5.74, 6) is 1.83. The Kier molecular flexibility index (Phi) is 2.81. The lowest BCUT2D eigenvalue weighted by Gasteiger charge is -2.27. The van der Waals surface area contributed by atoms with E-state index in [1.807, 2.05) is 13.2 Å². The topological polar surface area (TPSA) is 41.1 Å². The Balaban J connectivity index is 2.07. The molecule has 1 aliphatic heterocycles. The minimum Gasteiger partial charge on any atom is -0.372 e. The molecule has 0 saturated carbocycles. The summed E-state index contributed by atoms with van der Waals surface area (Å²) in [4.78, 5) is 10.9. The summed E-state index contributed by atoms with van der Waals surface area (Å²) in [6.45, 7) is 2.24. The SMILES string of the molecule is CNc1cnc(N2CCCCC2)cn1. The van der Waals surface area contributed by atoms with Gasteiger partial charge in [-0.2, -0.15) is 0 Å². The van der Waals surface area contributed by atoms with Crippen LogP contribution in [0.4, 0.5) is 11.6 Å². The highest BCUT2D eigenvalue weighted by Gasteiger charge is 2.11. The first-order valence-corrected chi connectivity index (χ1v) is 5.15. The number of nitrogens with zero attached hydrogens (tertiary/aromatic N) is 3. The van der Waals surface area contributed by atoms with E-state index in [1.165, 1.54) is 19.3 Å². The van der Waals surface area contributed by atoms with Gasteiger partial charge in [-0.15, -0.1) is 0 Å². The van der Waals surface area contributed by atoms with Gasteiger partial charge in [-0.3, -0.25) is 0 Å². The van der Waals surface area contributed by atoms with Gasteiger partial charge in [0.2, 0.25) is 0 Å². The number of hydrogen-bond acceptors (Lipinski definition) is 4. The second-order valence-corrected chi connectivity index (χ2v) is 3.56. The average molecular weight is 192 g/mol. The molecular weight excluding hydrogens is 176 g/mol. The van der Waals surface area contributed by atoms with Gasteiger partial charge in [0.25, 0.3) is 0 Å². The maximum absolute atomic E-state index is 4.37. The van der Waals surface area contributed by atoms with Gasteiger partial charge in [0.05, 0.1) is 12.4 Å². The summed E-state index contributed by atoms with van der Waals surface area (Å²) in [6, 6.07) is 0. The fraction of sp³-hybridized carbons (Fsp3) is 0.600. The Hall–Kier alpha value is -1.32. The fourth-order valence-electron chi connectivity index (χ4n) is 1.74. The van der Waals surface area contributed by atoms with Gasteiger partial charge in [0.1, 0.15) is 11.6 Å². The van der Waals surface area contributed by atoms with E-state index in [-0.39, 0.29) is 0 Å². The molecule has 76 valence electrons. The zero-order chi connectivity index (χ0) is 9.80. The molecule has 0 atom stereocenters. The molecule has 1 saturated heterocycles. The maximum Gasteiger partial charge on any atom is 0.147 e. The van der Waals surface area contributed by atoms with Crippen LogP contribution < -0.4 is 10.2 Å². The Morgan fingerprint density at radius 2 is 1.93 bits per heavy atom. The van der Waals surface area contributed by atoms with Crippen LogP contribution in [0.2, 0.25) is 0 Å². The first-order chi connectivity index (χ1) is 6.90. The largest absolute Gasteiger partial charge is 0.372 e. The van der Waals surface area contributed by atoms with Crippen molar-refractivity contribution in [2.75, 3.05) is 30.4 Å². The molecule has 1 aromatic heterocycles. The van der Waals surface area contributed by atoms with Crippen LogP contribution in [-0.4, -0.2) is 30.1 Å². The van der Waals surface area contributed by atoms with Crippen molar-refractivity contribution in [2.45, 2.75) is 19.3 Å². The van der Waals surface area contributed by atoms with E-state index in [4.69, 9.17) is 0 Å². The van der Waals surface area contributed by atoms with Crippen molar-refractivity contribution < 1.29 is 0 Å². The molecule has 0 radical (unpaired) electrons. The standard InChI is InChI=1S/C10H16N4/c1-11-9-7-13-10(8-12-9)14-5-3-2-4-6-14/h7-8H,2-6H2,1H3,(H,11,12). The van der Waals surface area contributed by atoms with E-state index in [2.05, 4.69) is 20.2 Å². The van der Waals surface area contributed by atoms with Gasteiger partial charge in [-0.1, -0.05) is 0 Å². The molecule has 0 unspecified atom stereocenters. The second-order valence-electron chi connectivity index (χ2n) is 3.56. The van der Waals surface area contributed by atoms with Crippen LogP contribution in [0.1, 0.15) is 19.3 Å². The lowest BCUT2D eigenvalue weighted by molar-refractivity contribution is 0.573. The highest BCUT2D eigenvalue weighted by atomic mass is 15.2. The Bertz CT molecular complexity index is 277. The normalized spacial score (nSPS) is 16.8. The third-order valence-electron chi connectivity index (χ3n) is 2.57. The van der Waals surface area contributed by atoms with Gasteiger partial charge < -0.3 is 10.2 Å². The summed E-state index contributed by atoms with van der Waals surface area (Å²) in [5, 5.41) is 2.96. The molecule has 1 N–H and O–H groups in total. The van der Waals surface area contributed by atoms with E-state index in [9.17, 15) is 0 Å². The number of hydrogen-bond donors (Lipinski definition) is 1. The van der Waals surface area contributed by atoms with E-state index in [0.29, 0.717) is 0 Å². The molecule has 4 nitrogen and oxygen atoms in total. The molecule has 4 heteroatoms. The lowest BCUT2D eigenvalue weighted by atomic mass is 10.1. The molecule has 0 bridgehead atoms. The predicted molar refractivity (Wildman–Crippen MR) is 57.6 cm³/mol. The molecular formula is C10H16N4. The Morgan fingerprint density at radius 1 is 1.14 bits per heavy atom. The van der Waals surface area contributed by atoms with E-state index in [1.54, 1.807) is 6.20 Å². The number of nitrogens with one attached hydrogen (secondary N) is 1. The fourth-order valence-corrected chi connectivity index (χ4v) is 1.74. The van der Waals surface area contributed by atoms with E-state index >= 15 is 0 Å². The Labute approximate surface area is 84.4 Å². The number of rotatable bonds is 2. The first kappa shape index (κ1) is 9.24. The van der Waals surface area contributed by atoms with Crippen LogP contribution in [0.15, 0.2) is 12.4 Å². The molecule has 2 heterocycles. The Morgan fingerprint density at radius 3 is 2.50 bits per heavy atom. The van der Waals surface area contributed by atoms with Crippen LogP contribution in [0.25, 0.3) is 0 Å². The van der Waals surface area contributed by atoms with Crippen LogP contribution >= 0.6 is 0 Å². The molecule has 1 fully saturated rings. The summed E-state index contributed by atoms with van der Waals surface area (Å²) in [7, 11) is 1.85.